The van der Waals surface area contributed by atoms with Gasteiger partial charge in [-0.3, -0.25) is 0 Å². The second-order valence-electron chi connectivity index (χ2n) is 7.34. The summed E-state index contributed by atoms with van der Waals surface area (Å²) in [6, 6.07) is 34.1. The summed E-state index contributed by atoms with van der Waals surface area (Å²) in [5.74, 6) is 0. The Labute approximate surface area is 178 Å². The normalized spacial score (nSPS) is 10.8. The predicted octanol–water partition coefficient (Wildman–Crippen LogP) is 8.68. The summed E-state index contributed by atoms with van der Waals surface area (Å²) in [4.78, 5) is 0. The van der Waals surface area contributed by atoms with Gasteiger partial charge in [0.1, 0.15) is 0 Å². The molecule has 0 spiro atoms. The first-order chi connectivity index (χ1) is 14.3. The molecule has 144 valence electrons. The lowest BCUT2D eigenvalue weighted by Gasteiger charge is -2.22. The topological polar surface area (TPSA) is 0 Å². The van der Waals surface area contributed by atoms with Crippen LogP contribution < -0.4 is 0 Å². The molecular weight excluding hydrogens is 372 g/mol. The van der Waals surface area contributed by atoms with Crippen LogP contribution in [0.2, 0.25) is 5.02 Å². The molecule has 0 unspecified atom stereocenters. The molecule has 0 aromatic heterocycles. The zero-order valence-electron chi connectivity index (χ0n) is 16.7. The average molecular weight is 397 g/mol. The van der Waals surface area contributed by atoms with Crippen molar-refractivity contribution >= 4 is 11.6 Å². The van der Waals surface area contributed by atoms with Crippen LogP contribution in [0.1, 0.15) is 25.3 Å². The lowest BCUT2D eigenvalue weighted by atomic mass is 9.83. The van der Waals surface area contributed by atoms with Crippen molar-refractivity contribution in [2.24, 2.45) is 0 Å². The summed E-state index contributed by atoms with van der Waals surface area (Å²) >= 11 is 6.96. The van der Waals surface area contributed by atoms with Crippen molar-refractivity contribution < 1.29 is 0 Å². The van der Waals surface area contributed by atoms with E-state index in [1.807, 2.05) is 6.07 Å². The van der Waals surface area contributed by atoms with Gasteiger partial charge in [0.2, 0.25) is 0 Å². The Morgan fingerprint density at radius 2 is 1.03 bits per heavy atom. The van der Waals surface area contributed by atoms with Gasteiger partial charge in [-0.2, -0.15) is 0 Å². The van der Waals surface area contributed by atoms with Crippen molar-refractivity contribution in [3.8, 4) is 33.4 Å². The quantitative estimate of drug-likeness (QED) is 0.305. The maximum atomic E-state index is 6.96. The van der Waals surface area contributed by atoms with E-state index < -0.39 is 0 Å². The molecule has 4 aromatic carbocycles. The van der Waals surface area contributed by atoms with E-state index in [1.54, 1.807) is 0 Å². The lowest BCUT2D eigenvalue weighted by molar-refractivity contribution is 0.796. The van der Waals surface area contributed by atoms with E-state index in [9.17, 15) is 0 Å². The molecule has 0 saturated heterocycles. The third-order valence-corrected chi connectivity index (χ3v) is 5.65. The molecule has 0 saturated carbocycles. The number of hydrogen-bond acceptors (Lipinski definition) is 0. The Kier molecular flexibility index (Phi) is 6.12. The zero-order chi connectivity index (χ0) is 20.1. The molecule has 0 nitrogen and oxygen atoms in total. The Morgan fingerprint density at radius 3 is 1.52 bits per heavy atom. The van der Waals surface area contributed by atoms with Crippen molar-refractivity contribution in [3.05, 3.63) is 108 Å². The van der Waals surface area contributed by atoms with Gasteiger partial charge in [0, 0.05) is 10.6 Å². The fourth-order valence-corrected chi connectivity index (χ4v) is 4.32. The van der Waals surface area contributed by atoms with Crippen molar-refractivity contribution in [3.63, 3.8) is 0 Å². The van der Waals surface area contributed by atoms with Crippen molar-refractivity contribution in [2.45, 2.75) is 26.2 Å². The summed E-state index contributed by atoms with van der Waals surface area (Å²) in [6.07, 6.45) is 3.33. The van der Waals surface area contributed by atoms with Gasteiger partial charge in [0.05, 0.1) is 0 Å². The first-order valence-electron chi connectivity index (χ1n) is 10.3. The minimum absolute atomic E-state index is 0.820. The maximum Gasteiger partial charge on any atom is 0.0493 e. The molecule has 0 atom stereocenters. The molecule has 0 aliphatic heterocycles. The molecule has 0 amide bonds. The van der Waals surface area contributed by atoms with E-state index in [0.29, 0.717) is 0 Å². The van der Waals surface area contributed by atoms with Gasteiger partial charge >= 0.3 is 0 Å². The summed E-state index contributed by atoms with van der Waals surface area (Å²) in [5, 5.41) is 0.820. The first kappa shape index (κ1) is 19.5. The summed E-state index contributed by atoms with van der Waals surface area (Å²) < 4.78 is 0. The van der Waals surface area contributed by atoms with Crippen molar-refractivity contribution in [1.82, 2.24) is 0 Å². The minimum Gasteiger partial charge on any atom is -0.0836 e. The van der Waals surface area contributed by atoms with Crippen LogP contribution in [0.4, 0.5) is 0 Å². The Balaban J connectivity index is 2.10. The molecule has 0 fully saturated rings. The summed E-state index contributed by atoms with van der Waals surface area (Å²) in [6.45, 7) is 2.24. The molecule has 4 aromatic rings. The van der Waals surface area contributed by atoms with Gasteiger partial charge in [-0.25, -0.2) is 0 Å². The SMILES string of the molecule is CCCCc1cc(Cl)c(-c2ccccc2)c(-c2ccccc2)c1-c1ccccc1. The van der Waals surface area contributed by atoms with Gasteiger partial charge in [-0.05, 0) is 52.3 Å². The van der Waals surface area contributed by atoms with Crippen molar-refractivity contribution in [1.29, 1.82) is 0 Å². The van der Waals surface area contributed by atoms with Gasteiger partial charge in [-0.15, -0.1) is 0 Å². The van der Waals surface area contributed by atoms with E-state index in [1.165, 1.54) is 27.8 Å². The van der Waals surface area contributed by atoms with Gasteiger partial charge in [0.25, 0.3) is 0 Å². The second-order valence-corrected chi connectivity index (χ2v) is 7.75. The monoisotopic (exact) mass is 396 g/mol. The molecule has 0 bridgehead atoms. The van der Waals surface area contributed by atoms with Crippen LogP contribution >= 0.6 is 11.6 Å². The van der Waals surface area contributed by atoms with Crippen LogP contribution in [0.25, 0.3) is 33.4 Å². The van der Waals surface area contributed by atoms with Crippen LogP contribution in [0, 0.1) is 0 Å². The number of aryl methyl sites for hydroxylation is 1. The van der Waals surface area contributed by atoms with Crippen LogP contribution in [0.3, 0.4) is 0 Å². The van der Waals surface area contributed by atoms with E-state index >= 15 is 0 Å². The molecule has 4 rings (SSSR count). The summed E-state index contributed by atoms with van der Waals surface area (Å²) in [7, 11) is 0. The molecule has 0 radical (unpaired) electrons. The Hall–Kier alpha value is -2.83. The summed E-state index contributed by atoms with van der Waals surface area (Å²) in [5.41, 5.74) is 8.54. The Morgan fingerprint density at radius 1 is 0.586 bits per heavy atom. The van der Waals surface area contributed by atoms with Crippen LogP contribution in [-0.2, 0) is 6.42 Å². The molecular formula is C28H25Cl. The fraction of sp³-hybridized carbons (Fsp3) is 0.143. The number of rotatable bonds is 6. The largest absolute Gasteiger partial charge is 0.0836 e. The maximum absolute atomic E-state index is 6.96. The van der Waals surface area contributed by atoms with E-state index in [0.717, 1.165) is 35.4 Å². The van der Waals surface area contributed by atoms with E-state index in [2.05, 4.69) is 97.9 Å². The standard InChI is InChI=1S/C28H25Cl/c1-2-3-13-24-20-25(29)27(22-16-9-5-10-17-22)28(23-18-11-6-12-19-23)26(24)21-14-7-4-8-15-21/h4-12,14-20H,2-3,13H2,1H3. The van der Waals surface area contributed by atoms with Crippen LogP contribution in [0.5, 0.6) is 0 Å². The third kappa shape index (κ3) is 4.13. The number of hydrogen-bond donors (Lipinski definition) is 0. The third-order valence-electron chi connectivity index (χ3n) is 5.35. The van der Waals surface area contributed by atoms with Gasteiger partial charge < -0.3 is 0 Å². The first-order valence-corrected chi connectivity index (χ1v) is 10.7. The highest BCUT2D eigenvalue weighted by Gasteiger charge is 2.20. The number of unbranched alkanes of at least 4 members (excludes halogenated alkanes) is 1. The number of halogens is 1. The van der Waals surface area contributed by atoms with E-state index in [4.69, 9.17) is 11.6 Å². The van der Waals surface area contributed by atoms with Crippen molar-refractivity contribution in [2.75, 3.05) is 0 Å². The zero-order valence-corrected chi connectivity index (χ0v) is 17.5. The molecule has 29 heavy (non-hydrogen) atoms. The molecule has 0 heterocycles. The lowest BCUT2D eigenvalue weighted by Crippen LogP contribution is -1.98. The van der Waals surface area contributed by atoms with E-state index in [-0.39, 0.29) is 0 Å². The highest BCUT2D eigenvalue weighted by Crippen LogP contribution is 2.46. The molecule has 0 aliphatic carbocycles. The van der Waals surface area contributed by atoms with Crippen LogP contribution in [0.15, 0.2) is 97.1 Å². The number of benzene rings is 4. The highest BCUT2D eigenvalue weighted by molar-refractivity contribution is 6.34. The van der Waals surface area contributed by atoms with Gasteiger partial charge in [-0.1, -0.05) is 116 Å². The fourth-order valence-electron chi connectivity index (χ4n) is 3.98. The molecule has 0 aliphatic rings. The second kappa shape index (κ2) is 9.11. The highest BCUT2D eigenvalue weighted by atomic mass is 35.5. The molecule has 1 heteroatoms. The van der Waals surface area contributed by atoms with Gasteiger partial charge in [0.15, 0.2) is 0 Å². The van der Waals surface area contributed by atoms with Crippen LogP contribution in [-0.4, -0.2) is 0 Å². The smallest absolute Gasteiger partial charge is 0.0493 e. The molecule has 0 N–H and O–H groups in total. The minimum atomic E-state index is 0.820. The average Bonchev–Trinajstić information content (AvgIpc) is 2.79. The predicted molar refractivity (Wildman–Crippen MR) is 126 cm³/mol. The Bertz CT molecular complexity index is 1070.